The first-order valence-corrected chi connectivity index (χ1v) is 4.24. The zero-order valence-electron chi connectivity index (χ0n) is 7.97. The van der Waals surface area contributed by atoms with Crippen LogP contribution in [0.15, 0.2) is 23.1 Å². The van der Waals surface area contributed by atoms with Gasteiger partial charge in [0.1, 0.15) is 0 Å². The normalized spacial score (nSPS) is 11.6. The summed E-state index contributed by atoms with van der Waals surface area (Å²) in [5.74, 6) is 0. The molecular weight excluding hydrogens is 184 g/mol. The minimum absolute atomic E-state index is 0.0978. The Morgan fingerprint density at radius 2 is 2.07 bits per heavy atom. The first-order chi connectivity index (χ1) is 6.55. The number of nitrogens with two attached hydrogens (primary N) is 1. The molecule has 1 heterocycles. The van der Waals surface area contributed by atoms with Crippen LogP contribution in [0.2, 0.25) is 0 Å². The number of nitrogen functional groups attached to an aromatic ring is 1. The molecule has 1 rings (SSSR count). The van der Waals surface area contributed by atoms with Crippen molar-refractivity contribution in [1.82, 2.24) is 4.57 Å². The fourth-order valence-electron chi connectivity index (χ4n) is 1.14. The van der Waals surface area contributed by atoms with Crippen LogP contribution >= 0.6 is 0 Å². The Balaban J connectivity index is 3.31. The number of aromatic nitrogens is 1. The second kappa shape index (κ2) is 3.81. The third-order valence-electron chi connectivity index (χ3n) is 2.24. The maximum Gasteiger partial charge on any atom is 0.274 e. The lowest BCUT2D eigenvalue weighted by molar-refractivity contribution is 0.0753. The maximum atomic E-state index is 11.5. The molecule has 0 fully saturated rings. The molecule has 14 heavy (non-hydrogen) atoms. The summed E-state index contributed by atoms with van der Waals surface area (Å²) in [6.45, 7) is 0.924. The number of aliphatic hydroxyl groups is 2. The van der Waals surface area contributed by atoms with Crippen molar-refractivity contribution >= 4 is 5.69 Å². The highest BCUT2D eigenvalue weighted by molar-refractivity contribution is 5.34. The molecule has 0 saturated heterocycles. The van der Waals surface area contributed by atoms with E-state index in [0.29, 0.717) is 0 Å². The topological polar surface area (TPSA) is 88.5 Å². The zero-order chi connectivity index (χ0) is 10.8. The first kappa shape index (κ1) is 10.7. The van der Waals surface area contributed by atoms with E-state index in [2.05, 4.69) is 0 Å². The summed E-state index contributed by atoms with van der Waals surface area (Å²) in [6, 6.07) is 3.08. The van der Waals surface area contributed by atoms with Crippen LogP contribution in [-0.4, -0.2) is 28.0 Å². The van der Waals surface area contributed by atoms with Crippen LogP contribution < -0.4 is 11.3 Å². The van der Waals surface area contributed by atoms with Crippen molar-refractivity contribution in [2.45, 2.75) is 12.5 Å². The Kier molecular flexibility index (Phi) is 2.93. The molecule has 0 spiro atoms. The molecule has 0 amide bonds. The molecule has 1 aromatic rings. The fourth-order valence-corrected chi connectivity index (χ4v) is 1.14. The Labute approximate surface area is 81.4 Å². The Bertz CT molecular complexity index is 369. The van der Waals surface area contributed by atoms with Crippen LogP contribution in [0.3, 0.4) is 0 Å². The van der Waals surface area contributed by atoms with Gasteiger partial charge in [-0.3, -0.25) is 4.79 Å². The van der Waals surface area contributed by atoms with Gasteiger partial charge in [-0.05, 0) is 19.1 Å². The molecule has 5 nitrogen and oxygen atoms in total. The van der Waals surface area contributed by atoms with Gasteiger partial charge in [-0.25, -0.2) is 0 Å². The van der Waals surface area contributed by atoms with Gasteiger partial charge in [-0.1, -0.05) is 0 Å². The number of aliphatic hydroxyl groups excluding tert-OH is 2. The molecule has 0 unspecified atom stereocenters. The third-order valence-corrected chi connectivity index (χ3v) is 2.24. The molecule has 0 saturated carbocycles. The van der Waals surface area contributed by atoms with Crippen LogP contribution in [0.5, 0.6) is 0 Å². The van der Waals surface area contributed by atoms with Crippen LogP contribution in [0, 0.1) is 0 Å². The van der Waals surface area contributed by atoms with Crippen molar-refractivity contribution in [3.8, 4) is 0 Å². The van der Waals surface area contributed by atoms with E-state index in [1.807, 2.05) is 0 Å². The van der Waals surface area contributed by atoms with Crippen molar-refractivity contribution in [1.29, 1.82) is 0 Å². The standard InChI is InChI=1S/C9H14N2O3/c1-9(5-12,6-13)11-4-2-3-7(10)8(11)14/h2-4,12-13H,5-6,10H2,1H3. The van der Waals surface area contributed by atoms with E-state index in [1.54, 1.807) is 13.0 Å². The predicted octanol–water partition coefficient (Wildman–Crippen LogP) is -0.870. The Hall–Kier alpha value is -1.33. The van der Waals surface area contributed by atoms with E-state index in [4.69, 9.17) is 15.9 Å². The molecule has 1 aromatic heterocycles. The SMILES string of the molecule is CC(CO)(CO)n1cccc(N)c1=O. The number of hydrogen-bond acceptors (Lipinski definition) is 4. The van der Waals surface area contributed by atoms with E-state index >= 15 is 0 Å². The van der Waals surface area contributed by atoms with Crippen molar-refractivity contribution in [3.05, 3.63) is 28.7 Å². The van der Waals surface area contributed by atoms with Gasteiger partial charge in [-0.15, -0.1) is 0 Å². The minimum Gasteiger partial charge on any atom is -0.394 e. The van der Waals surface area contributed by atoms with E-state index in [-0.39, 0.29) is 18.9 Å². The number of rotatable bonds is 3. The molecule has 0 atom stereocenters. The number of anilines is 1. The average molecular weight is 198 g/mol. The minimum atomic E-state index is -1.01. The average Bonchev–Trinajstić information content (AvgIpc) is 2.21. The van der Waals surface area contributed by atoms with Gasteiger partial charge in [0.25, 0.3) is 5.56 Å². The highest BCUT2D eigenvalue weighted by Gasteiger charge is 2.25. The summed E-state index contributed by atoms with van der Waals surface area (Å²) in [7, 11) is 0. The third kappa shape index (κ3) is 1.64. The van der Waals surface area contributed by atoms with Gasteiger partial charge in [0.2, 0.25) is 0 Å². The molecule has 0 aliphatic rings. The lowest BCUT2D eigenvalue weighted by Gasteiger charge is -2.27. The van der Waals surface area contributed by atoms with Crippen molar-refractivity contribution < 1.29 is 10.2 Å². The molecule has 5 heteroatoms. The predicted molar refractivity (Wildman–Crippen MR) is 52.9 cm³/mol. The van der Waals surface area contributed by atoms with Crippen LogP contribution in [-0.2, 0) is 5.54 Å². The fraction of sp³-hybridized carbons (Fsp3) is 0.444. The summed E-state index contributed by atoms with van der Waals surface area (Å²) >= 11 is 0. The van der Waals surface area contributed by atoms with Gasteiger partial charge >= 0.3 is 0 Å². The molecule has 0 aliphatic carbocycles. The second-order valence-electron chi connectivity index (χ2n) is 3.45. The quantitative estimate of drug-likeness (QED) is 0.589. The molecule has 0 aliphatic heterocycles. The monoisotopic (exact) mass is 198 g/mol. The van der Waals surface area contributed by atoms with E-state index in [0.717, 1.165) is 0 Å². The Morgan fingerprint density at radius 3 is 2.57 bits per heavy atom. The van der Waals surface area contributed by atoms with E-state index in [9.17, 15) is 4.79 Å². The molecule has 0 radical (unpaired) electrons. The summed E-state index contributed by atoms with van der Waals surface area (Å²) < 4.78 is 1.24. The van der Waals surface area contributed by atoms with E-state index in [1.165, 1.54) is 16.8 Å². The molecule has 78 valence electrons. The number of nitrogens with zero attached hydrogens (tertiary/aromatic N) is 1. The number of hydrogen-bond donors (Lipinski definition) is 3. The number of pyridine rings is 1. The van der Waals surface area contributed by atoms with E-state index < -0.39 is 11.1 Å². The Morgan fingerprint density at radius 1 is 1.50 bits per heavy atom. The highest BCUT2D eigenvalue weighted by Crippen LogP contribution is 2.11. The van der Waals surface area contributed by atoms with Gasteiger partial charge in [-0.2, -0.15) is 0 Å². The summed E-state index contributed by atoms with van der Waals surface area (Å²) in [5, 5.41) is 18.2. The van der Waals surface area contributed by atoms with Gasteiger partial charge in [0, 0.05) is 6.20 Å². The smallest absolute Gasteiger partial charge is 0.274 e. The van der Waals surface area contributed by atoms with Crippen molar-refractivity contribution in [3.63, 3.8) is 0 Å². The zero-order valence-corrected chi connectivity index (χ0v) is 7.97. The molecule has 0 bridgehead atoms. The molecule has 0 aromatic carbocycles. The molecular formula is C9H14N2O3. The van der Waals surface area contributed by atoms with Crippen molar-refractivity contribution in [2.24, 2.45) is 0 Å². The van der Waals surface area contributed by atoms with Gasteiger partial charge in [0.15, 0.2) is 0 Å². The lowest BCUT2D eigenvalue weighted by Crippen LogP contribution is -2.44. The van der Waals surface area contributed by atoms with Crippen LogP contribution in [0.1, 0.15) is 6.92 Å². The van der Waals surface area contributed by atoms with Crippen LogP contribution in [0.4, 0.5) is 5.69 Å². The van der Waals surface area contributed by atoms with Crippen LogP contribution in [0.25, 0.3) is 0 Å². The largest absolute Gasteiger partial charge is 0.394 e. The first-order valence-electron chi connectivity index (χ1n) is 4.24. The second-order valence-corrected chi connectivity index (χ2v) is 3.45. The highest BCUT2D eigenvalue weighted by atomic mass is 16.3. The molecule has 4 N–H and O–H groups in total. The van der Waals surface area contributed by atoms with Crippen molar-refractivity contribution in [2.75, 3.05) is 18.9 Å². The summed E-state index contributed by atoms with van der Waals surface area (Å²) in [4.78, 5) is 11.5. The lowest BCUT2D eigenvalue weighted by atomic mass is 10.1. The summed E-state index contributed by atoms with van der Waals surface area (Å²) in [6.07, 6.45) is 1.49. The maximum absolute atomic E-state index is 11.5. The van der Waals surface area contributed by atoms with Gasteiger partial charge < -0.3 is 20.5 Å². The van der Waals surface area contributed by atoms with Gasteiger partial charge in [0.05, 0.1) is 24.4 Å². The summed E-state index contributed by atoms with van der Waals surface area (Å²) in [5.41, 5.74) is 4.12.